The van der Waals surface area contributed by atoms with Crippen LogP contribution in [0.5, 0.6) is 0 Å². The van der Waals surface area contributed by atoms with Crippen molar-refractivity contribution in [2.45, 2.75) is 6.42 Å². The van der Waals surface area contributed by atoms with E-state index in [2.05, 4.69) is 0 Å². The molecule has 84 valence electrons. The average Bonchev–Trinajstić information content (AvgIpc) is 2.53. The van der Waals surface area contributed by atoms with Crippen LogP contribution in [0.2, 0.25) is 0 Å². The van der Waals surface area contributed by atoms with Crippen LogP contribution in [0, 0.1) is 0 Å². The third kappa shape index (κ3) is 1.41. The van der Waals surface area contributed by atoms with Crippen LogP contribution in [-0.4, -0.2) is 30.1 Å². The number of nitrogens with zero attached hydrogens (tertiary/aromatic N) is 1. The van der Waals surface area contributed by atoms with Gasteiger partial charge in [0.05, 0.1) is 17.9 Å². The summed E-state index contributed by atoms with van der Waals surface area (Å²) in [7, 11) is 0. The lowest BCUT2D eigenvalue weighted by molar-refractivity contribution is -0.114. The van der Waals surface area contributed by atoms with E-state index in [-0.39, 0.29) is 13.3 Å². The van der Waals surface area contributed by atoms with Crippen molar-refractivity contribution < 1.29 is 14.7 Å². The molecule has 16 heavy (non-hydrogen) atoms. The number of aliphatic hydroxyl groups excluding tert-OH is 1. The highest BCUT2D eigenvalue weighted by molar-refractivity contribution is 6.52. The summed E-state index contributed by atoms with van der Waals surface area (Å²) in [6, 6.07) is 5.17. The van der Waals surface area contributed by atoms with Gasteiger partial charge in [-0.2, -0.15) is 0 Å². The normalized spacial score (nSPS) is 14.5. The van der Waals surface area contributed by atoms with Crippen LogP contribution in [0.3, 0.4) is 0 Å². The molecule has 5 heteroatoms. The van der Waals surface area contributed by atoms with Crippen molar-refractivity contribution in [3.63, 3.8) is 0 Å². The lowest BCUT2D eigenvalue weighted by atomic mass is 10.0. The van der Waals surface area contributed by atoms with E-state index >= 15 is 0 Å². The zero-order valence-electron chi connectivity index (χ0n) is 8.64. The number of fused-ring (bicyclic) bond motifs is 1. The summed E-state index contributed by atoms with van der Waals surface area (Å²) in [5.74, 6) is -1.13. The smallest absolute Gasteiger partial charge is 0.300 e. The summed E-state index contributed by atoms with van der Waals surface area (Å²) in [5, 5.41) is 8.89. The van der Waals surface area contributed by atoms with E-state index in [4.69, 9.17) is 10.8 Å². The first-order valence-corrected chi connectivity index (χ1v) is 4.99. The van der Waals surface area contributed by atoms with E-state index in [0.717, 1.165) is 0 Å². The van der Waals surface area contributed by atoms with Crippen LogP contribution in [0.15, 0.2) is 18.2 Å². The average molecular weight is 220 g/mol. The molecule has 3 N–H and O–H groups in total. The number of ketones is 1. The minimum atomic E-state index is -0.595. The molecule has 1 aromatic rings. The Bertz CT molecular complexity index is 457. The number of amides is 1. The number of aliphatic hydroxyl groups is 1. The molecule has 0 fully saturated rings. The predicted molar refractivity (Wildman–Crippen MR) is 58.1 cm³/mol. The van der Waals surface area contributed by atoms with Crippen LogP contribution >= 0.6 is 0 Å². The summed E-state index contributed by atoms with van der Waals surface area (Å²) < 4.78 is 0. The maximum Gasteiger partial charge on any atom is 0.300 e. The number of carbonyl (C=O) groups excluding carboxylic acids is 2. The highest BCUT2D eigenvalue weighted by atomic mass is 16.3. The van der Waals surface area contributed by atoms with Crippen molar-refractivity contribution in [3.05, 3.63) is 29.3 Å². The van der Waals surface area contributed by atoms with E-state index in [9.17, 15) is 9.59 Å². The number of anilines is 1. The van der Waals surface area contributed by atoms with E-state index in [0.29, 0.717) is 23.2 Å². The summed E-state index contributed by atoms with van der Waals surface area (Å²) in [6.07, 6.45) is 0.362. The van der Waals surface area contributed by atoms with Gasteiger partial charge in [0.25, 0.3) is 5.78 Å². The Morgan fingerprint density at radius 1 is 1.31 bits per heavy atom. The molecular formula is C11H12N2O3. The quantitative estimate of drug-likeness (QED) is 0.683. The minimum Gasteiger partial charge on any atom is -0.396 e. The van der Waals surface area contributed by atoms with Crippen molar-refractivity contribution in [1.82, 2.24) is 0 Å². The molecule has 0 atom stereocenters. The SMILES string of the molecule is NCN1C(=O)C(=O)c2c(CCO)cccc21. The zero-order valence-corrected chi connectivity index (χ0v) is 8.64. The lowest BCUT2D eigenvalue weighted by Crippen LogP contribution is -2.34. The van der Waals surface area contributed by atoms with Crippen molar-refractivity contribution in [2.75, 3.05) is 18.2 Å². The number of carbonyl (C=O) groups is 2. The van der Waals surface area contributed by atoms with Crippen molar-refractivity contribution in [2.24, 2.45) is 5.73 Å². The van der Waals surface area contributed by atoms with Gasteiger partial charge in [0.2, 0.25) is 0 Å². The second-order valence-electron chi connectivity index (χ2n) is 3.53. The molecule has 5 nitrogen and oxygen atoms in total. The van der Waals surface area contributed by atoms with E-state index in [1.165, 1.54) is 4.90 Å². The van der Waals surface area contributed by atoms with Crippen LogP contribution in [0.25, 0.3) is 0 Å². The highest BCUT2D eigenvalue weighted by Gasteiger charge is 2.36. The number of Topliss-reactive ketones (excluding diaryl/α,β-unsaturated/α-hetero) is 1. The number of benzene rings is 1. The van der Waals surface area contributed by atoms with Gasteiger partial charge in [-0.05, 0) is 18.1 Å². The van der Waals surface area contributed by atoms with Crippen LogP contribution in [0.1, 0.15) is 15.9 Å². The van der Waals surface area contributed by atoms with Crippen LogP contribution in [0.4, 0.5) is 5.69 Å². The fourth-order valence-electron chi connectivity index (χ4n) is 1.92. The van der Waals surface area contributed by atoms with Crippen molar-refractivity contribution in [3.8, 4) is 0 Å². The summed E-state index contributed by atoms with van der Waals surface area (Å²) in [5.41, 5.74) is 7.04. The Morgan fingerprint density at radius 2 is 2.06 bits per heavy atom. The molecular weight excluding hydrogens is 208 g/mol. The monoisotopic (exact) mass is 220 g/mol. The molecule has 0 aromatic heterocycles. The first-order chi connectivity index (χ1) is 7.70. The molecule has 0 saturated heterocycles. The molecule has 0 aliphatic carbocycles. The van der Waals surface area contributed by atoms with Crippen LogP contribution < -0.4 is 10.6 Å². The lowest BCUT2D eigenvalue weighted by Gasteiger charge is -2.13. The third-order valence-electron chi connectivity index (χ3n) is 2.65. The maximum atomic E-state index is 11.7. The van der Waals surface area contributed by atoms with Gasteiger partial charge in [0, 0.05) is 6.61 Å². The molecule has 0 saturated carbocycles. The number of hydrogen-bond donors (Lipinski definition) is 2. The molecule has 1 aliphatic heterocycles. The third-order valence-corrected chi connectivity index (χ3v) is 2.65. The Hall–Kier alpha value is -1.72. The fraction of sp³-hybridized carbons (Fsp3) is 0.273. The first-order valence-electron chi connectivity index (χ1n) is 4.99. The molecule has 0 spiro atoms. The minimum absolute atomic E-state index is 0.0137. The Morgan fingerprint density at radius 3 is 2.69 bits per heavy atom. The second kappa shape index (κ2) is 4.03. The fourth-order valence-corrected chi connectivity index (χ4v) is 1.92. The molecule has 1 heterocycles. The molecule has 0 radical (unpaired) electrons. The van der Waals surface area contributed by atoms with Gasteiger partial charge in [-0.3, -0.25) is 14.5 Å². The number of hydrogen-bond acceptors (Lipinski definition) is 4. The van der Waals surface area contributed by atoms with Gasteiger partial charge in [-0.15, -0.1) is 0 Å². The Balaban J connectivity index is 2.56. The van der Waals surface area contributed by atoms with Gasteiger partial charge in [-0.25, -0.2) is 0 Å². The Labute approximate surface area is 92.5 Å². The first kappa shape index (κ1) is 10.8. The molecule has 0 bridgehead atoms. The Kier molecular flexibility index (Phi) is 2.72. The van der Waals surface area contributed by atoms with Gasteiger partial charge in [-0.1, -0.05) is 12.1 Å². The van der Waals surface area contributed by atoms with E-state index in [1.807, 2.05) is 0 Å². The van der Waals surface area contributed by atoms with Crippen LogP contribution in [-0.2, 0) is 11.2 Å². The molecule has 2 rings (SSSR count). The zero-order chi connectivity index (χ0) is 11.7. The van der Waals surface area contributed by atoms with E-state index < -0.39 is 11.7 Å². The van der Waals surface area contributed by atoms with E-state index in [1.54, 1.807) is 18.2 Å². The largest absolute Gasteiger partial charge is 0.396 e. The standard InChI is InChI=1S/C11H12N2O3/c12-6-13-8-3-1-2-7(4-5-14)9(8)10(15)11(13)16/h1-3,14H,4-6,12H2. The van der Waals surface area contributed by atoms with Gasteiger partial charge < -0.3 is 10.8 Å². The maximum absolute atomic E-state index is 11.7. The van der Waals surface area contributed by atoms with Gasteiger partial charge in [0.1, 0.15) is 0 Å². The van der Waals surface area contributed by atoms with Gasteiger partial charge in [0.15, 0.2) is 0 Å². The van der Waals surface area contributed by atoms with Crippen molar-refractivity contribution >= 4 is 17.4 Å². The van der Waals surface area contributed by atoms with Crippen molar-refractivity contribution in [1.29, 1.82) is 0 Å². The summed E-state index contributed by atoms with van der Waals surface area (Å²) >= 11 is 0. The predicted octanol–water partition coefficient (Wildman–Crippen LogP) is -0.333. The molecule has 1 aliphatic rings. The molecule has 1 amide bonds. The highest BCUT2D eigenvalue weighted by Crippen LogP contribution is 2.30. The number of nitrogens with two attached hydrogens (primary N) is 1. The summed E-state index contributed by atoms with van der Waals surface area (Å²) in [4.78, 5) is 24.6. The molecule has 0 unspecified atom stereocenters. The van der Waals surface area contributed by atoms with Gasteiger partial charge >= 0.3 is 5.91 Å². The second-order valence-corrected chi connectivity index (χ2v) is 3.53. The topological polar surface area (TPSA) is 83.6 Å². The summed E-state index contributed by atoms with van der Waals surface area (Å²) in [6.45, 7) is -0.0687. The number of rotatable bonds is 3. The molecule has 1 aromatic carbocycles.